The number of rotatable bonds is 4. The molecule has 0 bridgehead atoms. The minimum Gasteiger partial charge on any atom is -0.341 e. The topological polar surface area (TPSA) is 85.9 Å². The summed E-state index contributed by atoms with van der Waals surface area (Å²) in [6.45, 7) is 7.09. The van der Waals surface area contributed by atoms with E-state index in [1.165, 1.54) is 0 Å². The van der Waals surface area contributed by atoms with Gasteiger partial charge in [0.2, 0.25) is 0 Å². The Morgan fingerprint density at radius 3 is 2.67 bits per heavy atom. The molecule has 160 valence electrons. The Morgan fingerprint density at radius 2 is 1.97 bits per heavy atom. The lowest BCUT2D eigenvalue weighted by Crippen LogP contribution is -2.44. The molecule has 1 fully saturated rings. The van der Waals surface area contributed by atoms with Crippen LogP contribution in [0.15, 0.2) is 66.7 Å². The molecule has 5 rings (SSSR count). The molecule has 0 spiro atoms. The van der Waals surface area contributed by atoms with Crippen molar-refractivity contribution in [3.8, 4) is 6.07 Å². The van der Waals surface area contributed by atoms with Gasteiger partial charge >= 0.3 is 0 Å². The molecule has 1 saturated carbocycles. The molecule has 0 atom stereocenters. The van der Waals surface area contributed by atoms with Gasteiger partial charge in [0, 0.05) is 11.3 Å². The summed E-state index contributed by atoms with van der Waals surface area (Å²) in [5.74, 6) is 0.371. The van der Waals surface area contributed by atoms with E-state index < -0.39 is 11.6 Å². The van der Waals surface area contributed by atoms with Gasteiger partial charge in [-0.2, -0.15) is 5.26 Å². The number of fused-ring (bicyclic) bond motifs is 1. The lowest BCUT2D eigenvalue weighted by Gasteiger charge is -2.43. The molecule has 4 aromatic rings. The number of H-pyrrole nitrogens is 1. The monoisotopic (exact) mass is 435 g/mol. The maximum absolute atomic E-state index is 14.1. The maximum Gasteiger partial charge on any atom is 0.254 e. The number of nitriles is 1. The van der Waals surface area contributed by atoms with E-state index in [0.717, 1.165) is 16.6 Å². The summed E-state index contributed by atoms with van der Waals surface area (Å²) in [5, 5.41) is 12.0. The molecule has 6 nitrogen and oxygen atoms in total. The number of hydrogen-bond acceptors (Lipinski definition) is 3. The summed E-state index contributed by atoms with van der Waals surface area (Å²) < 4.78 is 14.1. The van der Waals surface area contributed by atoms with Crippen LogP contribution in [0.1, 0.15) is 40.2 Å². The third-order valence-electron chi connectivity index (χ3n) is 6.14. The summed E-state index contributed by atoms with van der Waals surface area (Å²) in [7, 11) is 0. The van der Waals surface area contributed by atoms with E-state index in [1.54, 1.807) is 54.6 Å². The third kappa shape index (κ3) is 3.60. The third-order valence-corrected chi connectivity index (χ3v) is 6.14. The van der Waals surface area contributed by atoms with Crippen LogP contribution >= 0.6 is 0 Å². The number of carbonyl (C=O) groups is 1. The minimum absolute atomic E-state index is 0.305. The number of aromatic amines is 1. The second-order valence-corrected chi connectivity index (χ2v) is 8.21. The zero-order chi connectivity index (χ0) is 23.0. The Hall–Kier alpha value is -4.49. The summed E-state index contributed by atoms with van der Waals surface area (Å²) in [6.07, 6.45) is -0.290. The second-order valence-electron chi connectivity index (χ2n) is 8.21. The number of aromatic nitrogens is 2. The van der Waals surface area contributed by atoms with Crippen LogP contribution in [0.25, 0.3) is 15.9 Å². The number of nitrogens with zero attached hydrogens (tertiary/aromatic N) is 3. The number of anilines is 1. The van der Waals surface area contributed by atoms with Gasteiger partial charge in [-0.1, -0.05) is 30.3 Å². The van der Waals surface area contributed by atoms with E-state index in [2.05, 4.69) is 21.2 Å². The fourth-order valence-electron chi connectivity index (χ4n) is 4.36. The number of hydrogen-bond donors (Lipinski definition) is 2. The molecule has 1 amide bonds. The van der Waals surface area contributed by atoms with Crippen molar-refractivity contribution in [1.82, 2.24) is 9.97 Å². The summed E-state index contributed by atoms with van der Waals surface area (Å²) in [6, 6.07) is 21.2. The molecule has 1 aromatic heterocycles. The fraction of sp³-hybridized carbons (Fsp3) is 0.154. The first kappa shape index (κ1) is 20.4. The van der Waals surface area contributed by atoms with Crippen LogP contribution in [-0.4, -0.2) is 22.0 Å². The van der Waals surface area contributed by atoms with Gasteiger partial charge < -0.3 is 10.3 Å². The summed E-state index contributed by atoms with van der Waals surface area (Å²) in [5.41, 5.74) is 3.74. The van der Waals surface area contributed by atoms with Gasteiger partial charge in [0.15, 0.2) is 5.69 Å². The molecule has 33 heavy (non-hydrogen) atoms. The van der Waals surface area contributed by atoms with Gasteiger partial charge in [-0.3, -0.25) is 4.79 Å². The number of amides is 1. The van der Waals surface area contributed by atoms with Crippen molar-refractivity contribution in [2.24, 2.45) is 0 Å². The average Bonchev–Trinajstić information content (AvgIpc) is 3.26. The zero-order valence-corrected chi connectivity index (χ0v) is 17.5. The Bertz CT molecular complexity index is 1450. The molecular formula is C26H18FN5O. The van der Waals surface area contributed by atoms with Crippen molar-refractivity contribution < 1.29 is 9.18 Å². The van der Waals surface area contributed by atoms with E-state index >= 15 is 0 Å². The van der Waals surface area contributed by atoms with Crippen molar-refractivity contribution in [2.75, 3.05) is 5.32 Å². The second kappa shape index (κ2) is 7.89. The first-order chi connectivity index (χ1) is 16.0. The van der Waals surface area contributed by atoms with Gasteiger partial charge in [-0.15, -0.1) is 0 Å². The van der Waals surface area contributed by atoms with Gasteiger partial charge in [-0.05, 0) is 54.8 Å². The van der Waals surface area contributed by atoms with Crippen LogP contribution in [-0.2, 0) is 5.41 Å². The van der Waals surface area contributed by atoms with Gasteiger partial charge in [0.1, 0.15) is 12.0 Å². The first-order valence-electron chi connectivity index (χ1n) is 10.4. The van der Waals surface area contributed by atoms with Crippen molar-refractivity contribution in [3.63, 3.8) is 0 Å². The van der Waals surface area contributed by atoms with Crippen LogP contribution in [0.4, 0.5) is 15.8 Å². The normalized spacial score (nSPS) is 19.3. The van der Waals surface area contributed by atoms with Crippen molar-refractivity contribution in [3.05, 3.63) is 101 Å². The highest BCUT2D eigenvalue weighted by molar-refractivity contribution is 6.04. The summed E-state index contributed by atoms with van der Waals surface area (Å²) in [4.78, 5) is 23.9. The molecule has 0 aliphatic heterocycles. The number of alkyl halides is 1. The highest BCUT2D eigenvalue weighted by atomic mass is 19.1. The number of carbonyl (C=O) groups excluding carboxylic acids is 1. The van der Waals surface area contributed by atoms with Gasteiger partial charge in [-0.25, -0.2) is 14.2 Å². The maximum atomic E-state index is 14.1. The number of imidazole rings is 1. The van der Waals surface area contributed by atoms with E-state index in [0.29, 0.717) is 41.2 Å². The molecule has 0 unspecified atom stereocenters. The Balaban J connectivity index is 1.42. The number of benzene rings is 3. The number of nitrogens with one attached hydrogen (secondary N) is 2. The predicted octanol–water partition coefficient (Wildman–Crippen LogP) is 5.66. The fourth-order valence-corrected chi connectivity index (χ4v) is 4.36. The lowest BCUT2D eigenvalue weighted by atomic mass is 9.62. The average molecular weight is 435 g/mol. The standard InChI is InChI=1S/C26H18FN5O/c1-29-21-4-2-3-17(12-21)24(33)30-20-8-6-18(7-9-20)26(13-19(27)14-26)25-31-22-10-5-16(15-28)11-23(22)32-25/h2-12,19H,13-14H2,(H,30,33)(H,31,32). The lowest BCUT2D eigenvalue weighted by molar-refractivity contribution is 0.102. The van der Waals surface area contributed by atoms with Crippen LogP contribution in [0.3, 0.4) is 0 Å². The minimum atomic E-state index is -0.915. The molecule has 1 heterocycles. The van der Waals surface area contributed by atoms with E-state index in [4.69, 9.17) is 16.8 Å². The Morgan fingerprint density at radius 1 is 1.18 bits per heavy atom. The first-order valence-corrected chi connectivity index (χ1v) is 10.4. The molecular weight excluding hydrogens is 417 g/mol. The summed E-state index contributed by atoms with van der Waals surface area (Å²) >= 11 is 0. The predicted molar refractivity (Wildman–Crippen MR) is 123 cm³/mol. The largest absolute Gasteiger partial charge is 0.341 e. The van der Waals surface area contributed by atoms with Gasteiger partial charge in [0.05, 0.1) is 34.7 Å². The van der Waals surface area contributed by atoms with E-state index in [9.17, 15) is 9.18 Å². The zero-order valence-electron chi connectivity index (χ0n) is 17.5. The van der Waals surface area contributed by atoms with Crippen molar-refractivity contribution in [2.45, 2.75) is 24.4 Å². The van der Waals surface area contributed by atoms with Crippen LogP contribution in [0.5, 0.6) is 0 Å². The van der Waals surface area contributed by atoms with Crippen LogP contribution < -0.4 is 5.32 Å². The Kier molecular flexibility index (Phi) is 4.88. The van der Waals surface area contributed by atoms with Crippen molar-refractivity contribution >= 4 is 28.3 Å². The molecule has 1 aliphatic carbocycles. The van der Waals surface area contributed by atoms with Crippen LogP contribution in [0.2, 0.25) is 0 Å². The van der Waals surface area contributed by atoms with E-state index in [1.807, 2.05) is 12.1 Å². The van der Waals surface area contributed by atoms with Crippen LogP contribution in [0, 0.1) is 17.9 Å². The van der Waals surface area contributed by atoms with E-state index in [-0.39, 0.29) is 5.91 Å². The molecule has 7 heteroatoms. The molecule has 2 N–H and O–H groups in total. The van der Waals surface area contributed by atoms with Crippen molar-refractivity contribution in [1.29, 1.82) is 5.26 Å². The smallest absolute Gasteiger partial charge is 0.254 e. The van der Waals surface area contributed by atoms with Gasteiger partial charge in [0.25, 0.3) is 5.91 Å². The Labute approximate surface area is 189 Å². The SMILES string of the molecule is [C-]#[N+]c1cccc(C(=O)Nc2ccc(C3(c4nc5ccc(C#N)cc5[nH]4)CC(F)C3)cc2)c1. The molecule has 3 aromatic carbocycles. The number of halogens is 1. The molecule has 0 saturated heterocycles. The quantitative estimate of drug-likeness (QED) is 0.406. The highest BCUT2D eigenvalue weighted by Crippen LogP contribution is 2.50. The molecule has 1 aliphatic rings. The highest BCUT2D eigenvalue weighted by Gasteiger charge is 2.49. The molecule has 0 radical (unpaired) electrons.